The molecule has 0 unspecified atom stereocenters. The Bertz CT molecular complexity index is 1180. The highest BCUT2D eigenvalue weighted by molar-refractivity contribution is 7.98. The molecule has 8 heteroatoms. The number of hydrogen-bond donors (Lipinski definition) is 1. The van der Waals surface area contributed by atoms with Crippen LogP contribution < -0.4 is 10.5 Å². The zero-order chi connectivity index (χ0) is 20.9. The molecule has 0 bridgehead atoms. The van der Waals surface area contributed by atoms with Gasteiger partial charge in [-0.1, -0.05) is 42.1 Å². The van der Waals surface area contributed by atoms with Crippen LogP contribution in [-0.4, -0.2) is 32.8 Å². The Labute approximate surface area is 177 Å². The summed E-state index contributed by atoms with van der Waals surface area (Å²) in [6.45, 7) is 0. The number of thioether (sulfide) groups is 1. The average molecular weight is 417 g/mol. The van der Waals surface area contributed by atoms with Crippen molar-refractivity contribution in [3.05, 3.63) is 84.2 Å². The van der Waals surface area contributed by atoms with Crippen LogP contribution in [0.25, 0.3) is 17.1 Å². The molecule has 2 N–H and O–H groups in total. The number of carbonyl (C=O) groups is 1. The largest absolute Gasteiger partial charge is 0.495 e. The molecule has 0 saturated heterocycles. The van der Waals surface area contributed by atoms with Gasteiger partial charge < -0.3 is 10.5 Å². The molecule has 0 radical (unpaired) electrons. The second-order valence-corrected chi connectivity index (χ2v) is 7.31. The SMILES string of the molecule is COc1ccccc1-n1c(SCc2ccccc2C(N)=O)nnc1-c1cccnc1. The number of carbonyl (C=O) groups excluding carboxylic acids is 1. The zero-order valence-electron chi connectivity index (χ0n) is 16.2. The number of nitrogens with zero attached hydrogens (tertiary/aromatic N) is 4. The number of aromatic nitrogens is 4. The Hall–Kier alpha value is -3.65. The number of hydrogen-bond acceptors (Lipinski definition) is 6. The van der Waals surface area contributed by atoms with E-state index in [0.717, 1.165) is 16.8 Å². The van der Waals surface area contributed by atoms with Gasteiger partial charge in [0.1, 0.15) is 5.75 Å². The van der Waals surface area contributed by atoms with Gasteiger partial charge >= 0.3 is 0 Å². The number of methoxy groups -OCH3 is 1. The molecule has 2 aromatic carbocycles. The quantitative estimate of drug-likeness (QED) is 0.460. The van der Waals surface area contributed by atoms with Crippen LogP contribution in [0.1, 0.15) is 15.9 Å². The molecule has 30 heavy (non-hydrogen) atoms. The van der Waals surface area contributed by atoms with E-state index in [1.807, 2.05) is 53.1 Å². The van der Waals surface area contributed by atoms with Gasteiger partial charge in [0, 0.05) is 29.3 Å². The van der Waals surface area contributed by atoms with E-state index in [0.29, 0.717) is 28.0 Å². The molecule has 4 aromatic rings. The number of rotatable bonds is 7. The molecule has 0 fully saturated rings. The number of pyridine rings is 1. The maximum absolute atomic E-state index is 11.8. The molecule has 7 nitrogen and oxygen atoms in total. The summed E-state index contributed by atoms with van der Waals surface area (Å²) in [5.41, 5.74) is 8.51. The highest BCUT2D eigenvalue weighted by Gasteiger charge is 2.19. The fourth-order valence-electron chi connectivity index (χ4n) is 3.11. The third-order valence-corrected chi connectivity index (χ3v) is 5.50. The lowest BCUT2D eigenvalue weighted by Gasteiger charge is -2.14. The van der Waals surface area contributed by atoms with Crippen LogP contribution in [-0.2, 0) is 5.75 Å². The third kappa shape index (κ3) is 3.90. The molecule has 2 aromatic heterocycles. The Kier molecular flexibility index (Phi) is 5.76. The smallest absolute Gasteiger partial charge is 0.249 e. The van der Waals surface area contributed by atoms with Gasteiger partial charge in [-0.05, 0) is 35.9 Å². The van der Waals surface area contributed by atoms with Crippen LogP contribution in [0.3, 0.4) is 0 Å². The van der Waals surface area contributed by atoms with Crippen molar-refractivity contribution in [2.45, 2.75) is 10.9 Å². The second-order valence-electron chi connectivity index (χ2n) is 6.37. The average Bonchev–Trinajstić information content (AvgIpc) is 3.22. The van der Waals surface area contributed by atoms with E-state index in [1.165, 1.54) is 11.8 Å². The standard InChI is InChI=1S/C22H19N5O2S/c1-29-19-11-5-4-10-18(19)27-21(15-8-6-12-24-13-15)25-26-22(27)30-14-16-7-2-3-9-17(16)20(23)28/h2-13H,14H2,1H3,(H2,23,28). The summed E-state index contributed by atoms with van der Waals surface area (Å²) in [5, 5.41) is 9.49. The maximum Gasteiger partial charge on any atom is 0.249 e. The van der Waals surface area contributed by atoms with Gasteiger partial charge in [-0.15, -0.1) is 10.2 Å². The van der Waals surface area contributed by atoms with Gasteiger partial charge in [0.05, 0.1) is 12.8 Å². The minimum atomic E-state index is -0.451. The Morgan fingerprint density at radius 1 is 1.07 bits per heavy atom. The lowest BCUT2D eigenvalue weighted by atomic mass is 10.1. The first-order valence-corrected chi connectivity index (χ1v) is 10.2. The summed E-state index contributed by atoms with van der Waals surface area (Å²) >= 11 is 1.47. The summed E-state index contributed by atoms with van der Waals surface area (Å²) in [7, 11) is 1.63. The molecular weight excluding hydrogens is 398 g/mol. The van der Waals surface area contributed by atoms with Crippen LogP contribution in [0.4, 0.5) is 0 Å². The monoisotopic (exact) mass is 417 g/mol. The van der Waals surface area contributed by atoms with Crippen molar-refractivity contribution < 1.29 is 9.53 Å². The molecule has 0 saturated carbocycles. The van der Waals surface area contributed by atoms with E-state index in [9.17, 15) is 4.79 Å². The Balaban J connectivity index is 1.78. The fourth-order valence-corrected chi connectivity index (χ4v) is 4.05. The van der Waals surface area contributed by atoms with Gasteiger partial charge in [-0.3, -0.25) is 14.3 Å². The van der Waals surface area contributed by atoms with E-state index in [2.05, 4.69) is 15.2 Å². The summed E-state index contributed by atoms with van der Waals surface area (Å²) in [6, 6.07) is 18.8. The molecule has 0 atom stereocenters. The zero-order valence-corrected chi connectivity index (χ0v) is 17.0. The summed E-state index contributed by atoms with van der Waals surface area (Å²) < 4.78 is 7.50. The summed E-state index contributed by atoms with van der Waals surface area (Å²) in [4.78, 5) is 16.0. The fraction of sp³-hybridized carbons (Fsp3) is 0.0909. The number of para-hydroxylation sites is 2. The van der Waals surface area contributed by atoms with E-state index < -0.39 is 5.91 Å². The Morgan fingerprint density at radius 2 is 1.87 bits per heavy atom. The van der Waals surface area contributed by atoms with Crippen LogP contribution >= 0.6 is 11.8 Å². The molecule has 0 aliphatic carbocycles. The third-order valence-electron chi connectivity index (χ3n) is 4.52. The number of primary amides is 1. The summed E-state index contributed by atoms with van der Waals surface area (Å²) in [5.74, 6) is 1.41. The molecule has 0 aliphatic rings. The van der Waals surface area contributed by atoms with Crippen molar-refractivity contribution in [1.29, 1.82) is 0 Å². The number of nitrogens with two attached hydrogens (primary N) is 1. The second kappa shape index (κ2) is 8.79. The topological polar surface area (TPSA) is 95.9 Å². The van der Waals surface area contributed by atoms with Gasteiger partial charge in [-0.25, -0.2) is 0 Å². The number of amides is 1. The molecule has 0 spiro atoms. The van der Waals surface area contributed by atoms with Gasteiger partial charge in [0.15, 0.2) is 11.0 Å². The van der Waals surface area contributed by atoms with E-state index in [-0.39, 0.29) is 0 Å². The van der Waals surface area contributed by atoms with Crippen molar-refractivity contribution in [2.24, 2.45) is 5.73 Å². The molecule has 0 aliphatic heterocycles. The first-order chi connectivity index (χ1) is 14.7. The van der Waals surface area contributed by atoms with Crippen molar-refractivity contribution in [1.82, 2.24) is 19.7 Å². The van der Waals surface area contributed by atoms with Crippen LogP contribution in [0.15, 0.2) is 78.2 Å². The maximum atomic E-state index is 11.8. The number of benzene rings is 2. The molecule has 1 amide bonds. The first-order valence-electron chi connectivity index (χ1n) is 9.18. The van der Waals surface area contributed by atoms with Crippen molar-refractivity contribution >= 4 is 17.7 Å². The van der Waals surface area contributed by atoms with Crippen molar-refractivity contribution in [3.63, 3.8) is 0 Å². The van der Waals surface area contributed by atoms with Crippen LogP contribution in [0.5, 0.6) is 5.75 Å². The van der Waals surface area contributed by atoms with Gasteiger partial charge in [0.25, 0.3) is 0 Å². The lowest BCUT2D eigenvalue weighted by Crippen LogP contribution is -2.13. The first kappa shape index (κ1) is 19.7. The van der Waals surface area contributed by atoms with E-state index in [4.69, 9.17) is 10.5 Å². The molecule has 150 valence electrons. The minimum absolute atomic E-state index is 0.451. The highest BCUT2D eigenvalue weighted by Crippen LogP contribution is 2.33. The van der Waals surface area contributed by atoms with Gasteiger partial charge in [-0.2, -0.15) is 0 Å². The molecule has 4 rings (SSSR count). The normalized spacial score (nSPS) is 10.7. The Morgan fingerprint density at radius 3 is 2.63 bits per heavy atom. The van der Waals surface area contributed by atoms with E-state index >= 15 is 0 Å². The number of ether oxygens (including phenoxy) is 1. The molecular formula is C22H19N5O2S. The van der Waals surface area contributed by atoms with Crippen molar-refractivity contribution in [3.8, 4) is 22.8 Å². The van der Waals surface area contributed by atoms with Crippen LogP contribution in [0.2, 0.25) is 0 Å². The van der Waals surface area contributed by atoms with Gasteiger partial charge in [0.2, 0.25) is 5.91 Å². The van der Waals surface area contributed by atoms with Crippen molar-refractivity contribution in [2.75, 3.05) is 7.11 Å². The van der Waals surface area contributed by atoms with E-state index in [1.54, 1.807) is 31.6 Å². The predicted molar refractivity (Wildman–Crippen MR) is 116 cm³/mol. The highest BCUT2D eigenvalue weighted by atomic mass is 32.2. The predicted octanol–water partition coefficient (Wildman–Crippen LogP) is 3.73. The van der Waals surface area contributed by atoms with Crippen LogP contribution in [0, 0.1) is 0 Å². The molecule has 2 heterocycles. The lowest BCUT2D eigenvalue weighted by molar-refractivity contribution is 0.0999. The minimum Gasteiger partial charge on any atom is -0.495 e. The summed E-state index contributed by atoms with van der Waals surface area (Å²) in [6.07, 6.45) is 3.45.